The summed E-state index contributed by atoms with van der Waals surface area (Å²) in [6.07, 6.45) is 20.9. The Hall–Kier alpha value is -14.4. The van der Waals surface area contributed by atoms with E-state index in [0.717, 1.165) is 100 Å². The molecule has 3 amide bonds. The molecule has 7 heterocycles. The molecule has 0 aliphatic carbocycles. The number of anilines is 8. The molecule has 0 atom stereocenters. The molecule has 18 aromatic rings. The first-order valence-electron chi connectivity index (χ1n) is 39.8. The molecule has 0 aliphatic rings. The number of amides is 3. The molecule has 10 N–H and O–H groups in total. The molecule has 0 fully saturated rings. The van der Waals surface area contributed by atoms with Gasteiger partial charge in [-0.1, -0.05) is 107 Å². The Balaban J connectivity index is 0.000000200. The molecule has 0 radical (unpaired) electrons. The number of non-ortho nitro benzene ring substituents is 2. The Kier molecular flexibility index (Phi) is 45.0. The van der Waals surface area contributed by atoms with E-state index in [4.69, 9.17) is 52.0 Å². The second-order valence-corrected chi connectivity index (χ2v) is 33.6. The molecule has 0 saturated heterocycles. The van der Waals surface area contributed by atoms with Crippen LogP contribution in [-0.2, 0) is 0 Å². The van der Waals surface area contributed by atoms with Gasteiger partial charge in [0, 0.05) is 226 Å². The summed E-state index contributed by atoms with van der Waals surface area (Å²) in [7, 11) is 0. The van der Waals surface area contributed by atoms with Crippen LogP contribution in [0.5, 0.6) is 0 Å². The standard InChI is InChI=1S/C27H20N4OS.C18H13N3O3S.C18H15N3OS.C11H10N2S.C9H6ClN.C7H4ClNO3.C6H7NS.C5H4ClN.3ClH/c32-27(31-21-9-11-22(12-10-21)33-23-13-16-28-17-14-23)19-5-7-20(8-6-19)30-26-15-18-29-25-4-2-1-3-24(25)26;22-18(13-1-5-15(6-2-13)21(23)24)20-14-3-7-16(8-4-14)25-17-9-11-19-12-10-17;19-14-3-1-13(2-4-14)18(22)21-15-5-7-16(8-6-15)23-17-9-11-20-12-10-17;12-9-1-3-10(4-2-9)14-11-5-7-13-8-6-11;10-8-5-6-11-9-4-2-1-3-7(8)9;8-7(10)5-1-3-6(4-2-5)9(11)12;7-5-1-3-6(8)4-2-5;6-5-1-3-7-4-2-5;;;/h1-18H,(H,29,30)(H,31,32);1-12H,(H,20,22);1-12H,19H2,(H,21,22);1-8H,12H2;1-6H;1-4H;1-4,8H,7H2;1-4H;3*1H. The number of thiol groups is 1. The van der Waals surface area contributed by atoms with Crippen molar-refractivity contribution in [1.29, 1.82) is 0 Å². The van der Waals surface area contributed by atoms with Crippen molar-refractivity contribution in [3.05, 3.63) is 467 Å². The molecule has 0 bridgehead atoms. The van der Waals surface area contributed by atoms with Crippen molar-refractivity contribution in [2.75, 3.05) is 38.5 Å². The van der Waals surface area contributed by atoms with E-state index in [9.17, 15) is 39.4 Å². The van der Waals surface area contributed by atoms with Gasteiger partial charge in [-0.05, 0) is 291 Å². The molecule has 7 aromatic heterocycles. The van der Waals surface area contributed by atoms with Gasteiger partial charge >= 0.3 is 0 Å². The van der Waals surface area contributed by atoms with Gasteiger partial charge in [-0.25, -0.2) is 0 Å². The molecule has 11 aromatic carbocycles. The number of hydrogen-bond donors (Lipinski definition) is 8. The van der Waals surface area contributed by atoms with Crippen LogP contribution in [0, 0.1) is 20.2 Å². The molecule has 686 valence electrons. The average Bonchev–Trinajstić information content (AvgIpc) is 0.824. The summed E-state index contributed by atoms with van der Waals surface area (Å²) in [5.74, 6) is -0.616. The third-order valence-corrected chi connectivity index (χ3v) is 22.9. The monoisotopic (exact) mass is 2020 g/mol. The maximum absolute atomic E-state index is 12.7. The molecule has 24 nitrogen and oxygen atoms in total. The van der Waals surface area contributed by atoms with Crippen molar-refractivity contribution in [2.24, 2.45) is 0 Å². The van der Waals surface area contributed by atoms with E-state index in [0.29, 0.717) is 28.1 Å². The number of nitrogens with zero attached hydrogens (tertiary/aromatic N) is 9. The van der Waals surface area contributed by atoms with E-state index < -0.39 is 15.1 Å². The largest absolute Gasteiger partial charge is 0.399 e. The summed E-state index contributed by atoms with van der Waals surface area (Å²) in [6.45, 7) is 0. The predicted molar refractivity (Wildman–Crippen MR) is 562 cm³/mol. The smallest absolute Gasteiger partial charge is 0.269 e. The van der Waals surface area contributed by atoms with Crippen LogP contribution in [0.15, 0.2) is 458 Å². The van der Waals surface area contributed by atoms with E-state index in [-0.39, 0.29) is 71.9 Å². The van der Waals surface area contributed by atoms with Crippen LogP contribution in [0.1, 0.15) is 41.4 Å². The lowest BCUT2D eigenvalue weighted by Gasteiger charge is -2.10. The Bertz CT molecular complexity index is 6710. The van der Waals surface area contributed by atoms with Crippen molar-refractivity contribution in [1.82, 2.24) is 34.9 Å². The highest BCUT2D eigenvalue weighted by Gasteiger charge is 2.14. The second kappa shape index (κ2) is 57.2. The Morgan fingerprint density at radius 2 is 0.581 bits per heavy atom. The summed E-state index contributed by atoms with van der Waals surface area (Å²) >= 11 is 27.2. The van der Waals surface area contributed by atoms with Crippen LogP contribution in [0.4, 0.5) is 56.9 Å². The fraction of sp³-hybridized carbons (Fsp3) is 0. The molecule has 0 spiro atoms. The molecular weight excluding hydrogens is 1940 g/mol. The van der Waals surface area contributed by atoms with Gasteiger partial charge in [0.25, 0.3) is 34.3 Å². The summed E-state index contributed by atoms with van der Waals surface area (Å²) < 4.78 is 0. The topological polar surface area (TPSA) is 371 Å². The number of halogens is 6. The van der Waals surface area contributed by atoms with Gasteiger partial charge in [0.2, 0.25) is 0 Å². The number of rotatable bonds is 19. The first kappa shape index (κ1) is 107. The zero-order valence-corrected chi connectivity index (χ0v) is 80.1. The number of nitro groups is 2. The lowest BCUT2D eigenvalue weighted by atomic mass is 10.1. The van der Waals surface area contributed by atoms with Gasteiger partial charge in [0.1, 0.15) is 0 Å². The maximum Gasteiger partial charge on any atom is 0.269 e. The minimum absolute atomic E-state index is 0. The number of fused-ring (bicyclic) bond motifs is 2. The Morgan fingerprint density at radius 1 is 0.309 bits per heavy atom. The number of benzene rings is 11. The quantitative estimate of drug-likeness (QED) is 0.0123. The number of nitrogen functional groups attached to an aromatic ring is 3. The van der Waals surface area contributed by atoms with Gasteiger partial charge in [-0.3, -0.25) is 74.3 Å². The third kappa shape index (κ3) is 36.8. The first-order chi connectivity index (χ1) is 64.6. The van der Waals surface area contributed by atoms with Crippen molar-refractivity contribution < 1.29 is 29.0 Å². The molecule has 0 saturated carbocycles. The Morgan fingerprint density at radius 3 is 0.904 bits per heavy atom. The maximum atomic E-state index is 12.7. The van der Waals surface area contributed by atoms with E-state index >= 15 is 0 Å². The van der Waals surface area contributed by atoms with Crippen LogP contribution in [0.2, 0.25) is 10.0 Å². The van der Waals surface area contributed by atoms with Gasteiger partial charge < -0.3 is 38.5 Å². The van der Waals surface area contributed by atoms with Crippen molar-refractivity contribution >= 4 is 233 Å². The average molecular weight is 2020 g/mol. The number of hydrogen-bond acceptors (Lipinski definition) is 24. The molecule has 0 unspecified atom stereocenters. The lowest BCUT2D eigenvalue weighted by molar-refractivity contribution is -0.385. The number of carbonyl (C=O) groups is 4. The molecular formula is C101H82Cl6N16O8S5. The van der Waals surface area contributed by atoms with Crippen LogP contribution in [0.3, 0.4) is 0 Å². The van der Waals surface area contributed by atoms with Crippen LogP contribution in [-0.4, -0.2) is 67.7 Å². The van der Waals surface area contributed by atoms with Gasteiger partial charge in [0.15, 0.2) is 0 Å². The van der Waals surface area contributed by atoms with Crippen molar-refractivity contribution in [3.8, 4) is 0 Å². The van der Waals surface area contributed by atoms with Crippen molar-refractivity contribution in [2.45, 2.75) is 44.1 Å². The van der Waals surface area contributed by atoms with Crippen molar-refractivity contribution in [3.63, 3.8) is 0 Å². The van der Waals surface area contributed by atoms with E-state index in [2.05, 4.69) is 68.8 Å². The third-order valence-electron chi connectivity index (χ3n) is 17.8. The fourth-order valence-electron chi connectivity index (χ4n) is 11.2. The predicted octanol–water partition coefficient (Wildman–Crippen LogP) is 27.5. The summed E-state index contributed by atoms with van der Waals surface area (Å²) in [5.41, 5.74) is 26.4. The lowest BCUT2D eigenvalue weighted by Crippen LogP contribution is -2.11. The highest BCUT2D eigenvalue weighted by Crippen LogP contribution is 2.34. The number of nitrogens with one attached hydrogen (secondary N) is 4. The number of nitrogens with two attached hydrogens (primary N) is 3. The normalized spacial score (nSPS) is 9.88. The minimum atomic E-state index is -0.620. The number of aromatic nitrogens is 7. The summed E-state index contributed by atoms with van der Waals surface area (Å²) in [5, 5.41) is 35.7. The summed E-state index contributed by atoms with van der Waals surface area (Å²) in [4.78, 5) is 105. The SMILES string of the molecule is Cl.Cl.Cl.Clc1ccnc2ccccc12.Clc1ccncc1.Nc1ccc(C(=O)Nc2ccc(Sc3ccncc3)cc2)cc1.Nc1ccc(S)cc1.Nc1ccc(Sc2ccncc2)cc1.O=C(Cl)c1ccc([N+](=O)[O-])cc1.O=C(Nc1ccc(Sc2ccncc2)cc1)c1ccc(Nc2ccnc3ccccc23)cc1.O=C(Nc1ccc(Sc2ccncc2)cc1)c1ccc([N+](=O)[O-])cc1. The number of para-hydroxylation sites is 2. The molecule has 35 heteroatoms. The zero-order chi connectivity index (χ0) is 93.9. The minimum Gasteiger partial charge on any atom is -0.399 e. The Labute approximate surface area is 839 Å². The number of carbonyl (C=O) groups excluding carboxylic acids is 4. The highest BCUT2D eigenvalue weighted by molar-refractivity contribution is 8.00. The number of nitro benzene ring substituents is 2. The molecule has 136 heavy (non-hydrogen) atoms. The van der Waals surface area contributed by atoms with Crippen LogP contribution < -0.4 is 38.5 Å². The first-order valence-corrected chi connectivity index (χ1v) is 44.7. The van der Waals surface area contributed by atoms with Crippen LogP contribution >= 0.6 is 132 Å². The van der Waals surface area contributed by atoms with Gasteiger partial charge in [-0.2, -0.15) is 0 Å². The second-order valence-electron chi connectivity index (χ2n) is 27.3. The van der Waals surface area contributed by atoms with E-state index in [1.54, 1.807) is 164 Å². The number of pyridine rings is 7. The molecule has 18 rings (SSSR count). The summed E-state index contributed by atoms with van der Waals surface area (Å²) in [6, 6.07) is 102. The zero-order valence-electron chi connectivity index (χ0n) is 71.2. The van der Waals surface area contributed by atoms with Gasteiger partial charge in [0.05, 0.1) is 25.9 Å². The molecule has 0 aliphatic heterocycles. The van der Waals surface area contributed by atoms with Gasteiger partial charge in [-0.15, -0.1) is 49.8 Å². The highest BCUT2D eigenvalue weighted by atomic mass is 35.5. The van der Waals surface area contributed by atoms with E-state index in [1.807, 2.05) is 249 Å². The fourth-order valence-corrected chi connectivity index (χ4v) is 15.0. The van der Waals surface area contributed by atoms with Crippen LogP contribution in [0.25, 0.3) is 21.8 Å². The van der Waals surface area contributed by atoms with E-state index in [1.165, 1.54) is 58.3 Å².